The third-order valence-corrected chi connectivity index (χ3v) is 2.60. The van der Waals surface area contributed by atoms with E-state index in [0.29, 0.717) is 5.75 Å². The molecular formula is C11H14FNO. The van der Waals surface area contributed by atoms with E-state index >= 15 is 0 Å². The van der Waals surface area contributed by atoms with Crippen molar-refractivity contribution in [3.63, 3.8) is 0 Å². The zero-order valence-electron chi connectivity index (χ0n) is 7.95. The molecule has 3 heteroatoms. The number of nitrogens with two attached hydrogens (primary N) is 1. The summed E-state index contributed by atoms with van der Waals surface area (Å²) in [5.74, 6) is 0.460. The first-order chi connectivity index (χ1) is 6.75. The lowest BCUT2D eigenvalue weighted by Gasteiger charge is -2.17. The van der Waals surface area contributed by atoms with Gasteiger partial charge in [-0.15, -0.1) is 0 Å². The van der Waals surface area contributed by atoms with E-state index in [-0.39, 0.29) is 18.0 Å². The zero-order chi connectivity index (χ0) is 9.97. The van der Waals surface area contributed by atoms with E-state index in [4.69, 9.17) is 10.5 Å². The Morgan fingerprint density at radius 1 is 1.21 bits per heavy atom. The molecule has 1 aliphatic carbocycles. The Bertz CT molecular complexity index is 299. The van der Waals surface area contributed by atoms with Crippen LogP contribution in [0.4, 0.5) is 4.39 Å². The standard InChI is InChI=1S/C11H14FNO/c12-8-4-6-9(7-5-8)14-11-3-1-2-10(11)13/h4-7,10-11H,1-3,13H2/t10-,11+/m0/s1. The Morgan fingerprint density at radius 2 is 1.93 bits per heavy atom. The average molecular weight is 195 g/mol. The number of benzene rings is 1. The Hall–Kier alpha value is -1.09. The van der Waals surface area contributed by atoms with Crippen LogP contribution in [0.25, 0.3) is 0 Å². The minimum atomic E-state index is -0.243. The van der Waals surface area contributed by atoms with Crippen LogP contribution in [0, 0.1) is 5.82 Å². The monoisotopic (exact) mass is 195 g/mol. The van der Waals surface area contributed by atoms with Crippen LogP contribution < -0.4 is 10.5 Å². The van der Waals surface area contributed by atoms with Crippen molar-refractivity contribution in [3.8, 4) is 5.75 Å². The van der Waals surface area contributed by atoms with Crippen molar-refractivity contribution in [2.45, 2.75) is 31.4 Å². The van der Waals surface area contributed by atoms with Gasteiger partial charge in [0, 0.05) is 6.04 Å². The molecule has 0 amide bonds. The molecule has 1 aliphatic rings. The number of rotatable bonds is 2. The van der Waals surface area contributed by atoms with Gasteiger partial charge < -0.3 is 10.5 Å². The predicted molar refractivity (Wildman–Crippen MR) is 52.6 cm³/mol. The highest BCUT2D eigenvalue weighted by Gasteiger charge is 2.25. The smallest absolute Gasteiger partial charge is 0.123 e. The van der Waals surface area contributed by atoms with Crippen molar-refractivity contribution >= 4 is 0 Å². The molecule has 1 aromatic rings. The van der Waals surface area contributed by atoms with Gasteiger partial charge in [0.2, 0.25) is 0 Å². The quantitative estimate of drug-likeness (QED) is 0.784. The van der Waals surface area contributed by atoms with E-state index in [1.165, 1.54) is 12.1 Å². The lowest BCUT2D eigenvalue weighted by atomic mass is 10.2. The maximum absolute atomic E-state index is 12.6. The van der Waals surface area contributed by atoms with Crippen LogP contribution in [0.1, 0.15) is 19.3 Å². The van der Waals surface area contributed by atoms with E-state index in [1.54, 1.807) is 12.1 Å². The van der Waals surface area contributed by atoms with Crippen LogP contribution in [0.15, 0.2) is 24.3 Å². The predicted octanol–water partition coefficient (Wildman–Crippen LogP) is 2.08. The van der Waals surface area contributed by atoms with Gasteiger partial charge in [0.25, 0.3) is 0 Å². The molecule has 2 N–H and O–H groups in total. The summed E-state index contributed by atoms with van der Waals surface area (Å²) in [6.45, 7) is 0. The Kier molecular flexibility index (Phi) is 2.68. The normalized spacial score (nSPS) is 26.4. The summed E-state index contributed by atoms with van der Waals surface area (Å²) >= 11 is 0. The van der Waals surface area contributed by atoms with E-state index in [1.807, 2.05) is 0 Å². The zero-order valence-corrected chi connectivity index (χ0v) is 7.95. The van der Waals surface area contributed by atoms with E-state index in [9.17, 15) is 4.39 Å². The molecule has 0 bridgehead atoms. The van der Waals surface area contributed by atoms with Crippen LogP contribution in [-0.4, -0.2) is 12.1 Å². The van der Waals surface area contributed by atoms with Crippen molar-refractivity contribution in [1.82, 2.24) is 0 Å². The molecule has 1 saturated carbocycles. The summed E-state index contributed by atoms with van der Waals surface area (Å²) in [6, 6.07) is 6.20. The second kappa shape index (κ2) is 3.96. The molecule has 1 aromatic carbocycles. The highest BCUT2D eigenvalue weighted by Crippen LogP contribution is 2.23. The molecule has 0 spiro atoms. The van der Waals surface area contributed by atoms with E-state index in [2.05, 4.69) is 0 Å². The Balaban J connectivity index is 2.00. The molecule has 0 aromatic heterocycles. The lowest BCUT2D eigenvalue weighted by molar-refractivity contribution is 0.191. The fraction of sp³-hybridized carbons (Fsp3) is 0.455. The van der Waals surface area contributed by atoms with Gasteiger partial charge in [-0.3, -0.25) is 0 Å². The highest BCUT2D eigenvalue weighted by atomic mass is 19.1. The molecule has 2 atom stereocenters. The maximum atomic E-state index is 12.6. The van der Waals surface area contributed by atoms with E-state index in [0.717, 1.165) is 19.3 Å². The first-order valence-electron chi connectivity index (χ1n) is 4.93. The van der Waals surface area contributed by atoms with Crippen molar-refractivity contribution in [2.75, 3.05) is 0 Å². The summed E-state index contributed by atoms with van der Waals surface area (Å²) in [5.41, 5.74) is 5.86. The van der Waals surface area contributed by atoms with Crippen LogP contribution in [-0.2, 0) is 0 Å². The van der Waals surface area contributed by atoms with Gasteiger partial charge in [-0.2, -0.15) is 0 Å². The molecule has 0 saturated heterocycles. The van der Waals surface area contributed by atoms with Crippen LogP contribution in [0.5, 0.6) is 5.75 Å². The molecule has 1 fully saturated rings. The third-order valence-electron chi connectivity index (χ3n) is 2.60. The number of ether oxygens (including phenoxy) is 1. The van der Waals surface area contributed by atoms with Gasteiger partial charge in [0.1, 0.15) is 17.7 Å². The number of hydrogen-bond acceptors (Lipinski definition) is 2. The average Bonchev–Trinajstić information content (AvgIpc) is 2.56. The van der Waals surface area contributed by atoms with Gasteiger partial charge in [0.15, 0.2) is 0 Å². The van der Waals surface area contributed by atoms with Gasteiger partial charge in [-0.25, -0.2) is 4.39 Å². The maximum Gasteiger partial charge on any atom is 0.123 e. The molecule has 0 aliphatic heterocycles. The molecule has 2 nitrogen and oxygen atoms in total. The number of hydrogen-bond donors (Lipinski definition) is 1. The topological polar surface area (TPSA) is 35.2 Å². The van der Waals surface area contributed by atoms with Crippen molar-refractivity contribution in [2.24, 2.45) is 5.73 Å². The van der Waals surface area contributed by atoms with Gasteiger partial charge in [0.05, 0.1) is 0 Å². The van der Waals surface area contributed by atoms with Crippen molar-refractivity contribution in [1.29, 1.82) is 0 Å². The van der Waals surface area contributed by atoms with Crippen LogP contribution >= 0.6 is 0 Å². The summed E-state index contributed by atoms with van der Waals surface area (Å²) in [7, 11) is 0. The molecule has 0 unspecified atom stereocenters. The van der Waals surface area contributed by atoms with E-state index < -0.39 is 0 Å². The van der Waals surface area contributed by atoms with Gasteiger partial charge in [-0.1, -0.05) is 0 Å². The summed E-state index contributed by atoms with van der Waals surface area (Å²) < 4.78 is 18.2. The molecule has 0 radical (unpaired) electrons. The SMILES string of the molecule is N[C@H]1CCC[C@H]1Oc1ccc(F)cc1. The fourth-order valence-electron chi connectivity index (χ4n) is 1.79. The van der Waals surface area contributed by atoms with Crippen LogP contribution in [0.2, 0.25) is 0 Å². The van der Waals surface area contributed by atoms with Crippen LogP contribution in [0.3, 0.4) is 0 Å². The van der Waals surface area contributed by atoms with Gasteiger partial charge >= 0.3 is 0 Å². The van der Waals surface area contributed by atoms with Crippen molar-refractivity contribution in [3.05, 3.63) is 30.1 Å². The molecule has 2 rings (SSSR count). The molecule has 76 valence electrons. The van der Waals surface area contributed by atoms with Crippen molar-refractivity contribution < 1.29 is 9.13 Å². The summed E-state index contributed by atoms with van der Waals surface area (Å²) in [4.78, 5) is 0. The Morgan fingerprint density at radius 3 is 2.50 bits per heavy atom. The molecule has 14 heavy (non-hydrogen) atoms. The summed E-state index contributed by atoms with van der Waals surface area (Å²) in [5, 5.41) is 0. The second-order valence-electron chi connectivity index (χ2n) is 3.70. The lowest BCUT2D eigenvalue weighted by Crippen LogP contribution is -2.33. The largest absolute Gasteiger partial charge is 0.489 e. The van der Waals surface area contributed by atoms with Gasteiger partial charge in [-0.05, 0) is 43.5 Å². The second-order valence-corrected chi connectivity index (χ2v) is 3.70. The summed E-state index contributed by atoms with van der Waals surface area (Å²) in [6.07, 6.45) is 3.23. The first-order valence-corrected chi connectivity index (χ1v) is 4.93. The number of halogens is 1. The Labute approximate surface area is 82.9 Å². The first kappa shape index (κ1) is 9.46. The fourth-order valence-corrected chi connectivity index (χ4v) is 1.79. The highest BCUT2D eigenvalue weighted by molar-refractivity contribution is 5.22. The third kappa shape index (κ3) is 2.04. The molecular weight excluding hydrogens is 181 g/mol. The minimum absolute atomic E-state index is 0.0976. The molecule has 0 heterocycles. The minimum Gasteiger partial charge on any atom is -0.489 e.